The number of carbonyl (C=O) groups excluding carboxylic acids is 2. The summed E-state index contributed by atoms with van der Waals surface area (Å²) in [6.45, 7) is 0. The van der Waals surface area contributed by atoms with Gasteiger partial charge in [0.25, 0.3) is 0 Å². The molecule has 0 atom stereocenters. The van der Waals surface area contributed by atoms with Crippen LogP contribution in [0.4, 0.5) is 14.5 Å². The molecule has 2 aromatic rings. The molecule has 0 aliphatic rings. The van der Waals surface area contributed by atoms with Crippen molar-refractivity contribution in [3.8, 4) is 0 Å². The van der Waals surface area contributed by atoms with Crippen molar-refractivity contribution in [1.82, 2.24) is 0 Å². The molecule has 0 bridgehead atoms. The fourth-order valence-corrected chi connectivity index (χ4v) is 2.44. The Kier molecular flexibility index (Phi) is 5.70. The van der Waals surface area contributed by atoms with E-state index in [2.05, 4.69) is 10.1 Å². The van der Waals surface area contributed by atoms with E-state index in [0.717, 1.165) is 23.9 Å². The molecule has 0 aliphatic heterocycles. The molecule has 0 saturated heterocycles. The molecule has 0 heterocycles. The van der Waals surface area contributed by atoms with Gasteiger partial charge in [0.2, 0.25) is 5.91 Å². The van der Waals surface area contributed by atoms with Crippen molar-refractivity contribution in [3.63, 3.8) is 0 Å². The van der Waals surface area contributed by atoms with Crippen molar-refractivity contribution >= 4 is 29.3 Å². The molecule has 1 amide bonds. The fraction of sp³-hybridized carbons (Fsp3) is 0.125. The maximum Gasteiger partial charge on any atom is 0.337 e. The standard InChI is InChI=1S/C16H13F2NO3S/c1-22-16(21)10-2-4-11(5-3-10)19-15(20)9-23-12-6-7-13(17)14(18)8-12/h2-8H,9H2,1H3,(H,19,20). The van der Waals surface area contributed by atoms with Gasteiger partial charge >= 0.3 is 5.97 Å². The van der Waals surface area contributed by atoms with E-state index in [9.17, 15) is 18.4 Å². The minimum Gasteiger partial charge on any atom is -0.465 e. The smallest absolute Gasteiger partial charge is 0.337 e. The predicted octanol–water partition coefficient (Wildman–Crippen LogP) is 3.48. The zero-order valence-corrected chi connectivity index (χ0v) is 13.0. The Hall–Kier alpha value is -2.41. The van der Waals surface area contributed by atoms with Crippen LogP contribution >= 0.6 is 11.8 Å². The summed E-state index contributed by atoms with van der Waals surface area (Å²) in [5.74, 6) is -2.59. The lowest BCUT2D eigenvalue weighted by atomic mass is 10.2. The first-order chi connectivity index (χ1) is 11.0. The highest BCUT2D eigenvalue weighted by atomic mass is 32.2. The average molecular weight is 337 g/mol. The Labute approximate surface area is 135 Å². The summed E-state index contributed by atoms with van der Waals surface area (Å²) in [7, 11) is 1.29. The highest BCUT2D eigenvalue weighted by Gasteiger charge is 2.08. The van der Waals surface area contributed by atoms with Crippen molar-refractivity contribution in [2.45, 2.75) is 4.90 Å². The number of anilines is 1. The minimum atomic E-state index is -0.950. The summed E-state index contributed by atoms with van der Waals surface area (Å²) in [6.07, 6.45) is 0. The maximum atomic E-state index is 13.1. The van der Waals surface area contributed by atoms with Gasteiger partial charge in [-0.3, -0.25) is 4.79 Å². The van der Waals surface area contributed by atoms with Gasteiger partial charge in [0.05, 0.1) is 18.4 Å². The number of hydrogen-bond donors (Lipinski definition) is 1. The number of thioether (sulfide) groups is 1. The zero-order valence-electron chi connectivity index (χ0n) is 12.1. The third-order valence-corrected chi connectivity index (χ3v) is 3.84. The van der Waals surface area contributed by atoms with Gasteiger partial charge in [-0.15, -0.1) is 11.8 Å². The molecule has 0 saturated carbocycles. The first kappa shape index (κ1) is 17.0. The minimum absolute atomic E-state index is 0.0455. The Morgan fingerprint density at radius 2 is 1.78 bits per heavy atom. The molecule has 0 radical (unpaired) electrons. The van der Waals surface area contributed by atoms with Crippen LogP contribution in [-0.4, -0.2) is 24.7 Å². The van der Waals surface area contributed by atoms with Gasteiger partial charge in [0.1, 0.15) is 0 Å². The number of rotatable bonds is 5. The van der Waals surface area contributed by atoms with Crippen molar-refractivity contribution in [1.29, 1.82) is 0 Å². The van der Waals surface area contributed by atoms with E-state index < -0.39 is 17.6 Å². The van der Waals surface area contributed by atoms with Crippen LogP contribution in [0.5, 0.6) is 0 Å². The SMILES string of the molecule is COC(=O)c1ccc(NC(=O)CSc2ccc(F)c(F)c2)cc1. The molecule has 0 aromatic heterocycles. The van der Waals surface area contributed by atoms with Gasteiger partial charge in [0, 0.05) is 10.6 Å². The molecule has 0 unspecified atom stereocenters. The number of amides is 1. The van der Waals surface area contributed by atoms with Crippen LogP contribution in [0.15, 0.2) is 47.4 Å². The van der Waals surface area contributed by atoms with Crippen LogP contribution in [0, 0.1) is 11.6 Å². The number of nitrogens with one attached hydrogen (secondary N) is 1. The lowest BCUT2D eigenvalue weighted by Gasteiger charge is -2.06. The molecule has 2 aromatic carbocycles. The molecule has 0 aliphatic carbocycles. The van der Waals surface area contributed by atoms with Crippen LogP contribution in [0.3, 0.4) is 0 Å². The molecule has 0 spiro atoms. The van der Waals surface area contributed by atoms with E-state index in [0.29, 0.717) is 16.1 Å². The fourth-order valence-electron chi connectivity index (χ4n) is 1.72. The third-order valence-electron chi connectivity index (χ3n) is 2.85. The summed E-state index contributed by atoms with van der Waals surface area (Å²) in [5.41, 5.74) is 0.898. The van der Waals surface area contributed by atoms with E-state index in [1.54, 1.807) is 12.1 Å². The van der Waals surface area contributed by atoms with Gasteiger partial charge in [-0.25, -0.2) is 13.6 Å². The molecule has 4 nitrogen and oxygen atoms in total. The zero-order chi connectivity index (χ0) is 16.8. The van der Waals surface area contributed by atoms with E-state index >= 15 is 0 Å². The Morgan fingerprint density at radius 1 is 1.09 bits per heavy atom. The van der Waals surface area contributed by atoms with Crippen molar-refractivity contribution in [2.24, 2.45) is 0 Å². The molecule has 120 valence electrons. The second-order valence-electron chi connectivity index (χ2n) is 4.48. The molecular weight excluding hydrogens is 324 g/mol. The number of benzene rings is 2. The molecule has 0 fully saturated rings. The third kappa shape index (κ3) is 4.79. The summed E-state index contributed by atoms with van der Waals surface area (Å²) in [5, 5.41) is 2.64. The van der Waals surface area contributed by atoms with Gasteiger partial charge in [-0.05, 0) is 42.5 Å². The first-order valence-electron chi connectivity index (χ1n) is 6.55. The number of ether oxygens (including phenoxy) is 1. The molecule has 2 rings (SSSR count). The lowest BCUT2D eigenvalue weighted by Crippen LogP contribution is -2.14. The van der Waals surface area contributed by atoms with Crippen LogP contribution in [0.2, 0.25) is 0 Å². The number of halogens is 2. The molecule has 1 N–H and O–H groups in total. The summed E-state index contributed by atoms with van der Waals surface area (Å²) >= 11 is 1.09. The second kappa shape index (κ2) is 7.73. The van der Waals surface area contributed by atoms with Gasteiger partial charge in [-0.2, -0.15) is 0 Å². The first-order valence-corrected chi connectivity index (χ1v) is 7.54. The van der Waals surface area contributed by atoms with Gasteiger partial charge in [-0.1, -0.05) is 0 Å². The molecular formula is C16H13F2NO3S. The maximum absolute atomic E-state index is 13.1. The van der Waals surface area contributed by atoms with Crippen molar-refractivity contribution in [3.05, 3.63) is 59.7 Å². The summed E-state index contributed by atoms with van der Waals surface area (Å²) in [6, 6.07) is 9.67. The lowest BCUT2D eigenvalue weighted by molar-refractivity contribution is -0.113. The van der Waals surface area contributed by atoms with E-state index in [-0.39, 0.29) is 11.7 Å². The number of carbonyl (C=O) groups is 2. The number of esters is 1. The Balaban J connectivity index is 1.89. The monoisotopic (exact) mass is 337 g/mol. The second-order valence-corrected chi connectivity index (χ2v) is 5.53. The average Bonchev–Trinajstić information content (AvgIpc) is 2.56. The number of methoxy groups -OCH3 is 1. The predicted molar refractivity (Wildman–Crippen MR) is 83.5 cm³/mol. The normalized spacial score (nSPS) is 10.2. The van der Waals surface area contributed by atoms with Crippen LogP contribution in [0.1, 0.15) is 10.4 Å². The van der Waals surface area contributed by atoms with Crippen LogP contribution < -0.4 is 5.32 Å². The van der Waals surface area contributed by atoms with E-state index in [1.807, 2.05) is 0 Å². The number of hydrogen-bond acceptors (Lipinski definition) is 4. The van der Waals surface area contributed by atoms with Crippen molar-refractivity contribution < 1.29 is 23.1 Å². The largest absolute Gasteiger partial charge is 0.465 e. The van der Waals surface area contributed by atoms with Gasteiger partial charge < -0.3 is 10.1 Å². The van der Waals surface area contributed by atoms with Crippen LogP contribution in [-0.2, 0) is 9.53 Å². The van der Waals surface area contributed by atoms with E-state index in [4.69, 9.17) is 0 Å². The molecule has 7 heteroatoms. The van der Waals surface area contributed by atoms with Crippen molar-refractivity contribution in [2.75, 3.05) is 18.2 Å². The highest BCUT2D eigenvalue weighted by molar-refractivity contribution is 8.00. The summed E-state index contributed by atoms with van der Waals surface area (Å²) in [4.78, 5) is 23.6. The Morgan fingerprint density at radius 3 is 2.39 bits per heavy atom. The summed E-state index contributed by atoms with van der Waals surface area (Å²) < 4.78 is 30.4. The highest BCUT2D eigenvalue weighted by Crippen LogP contribution is 2.20. The van der Waals surface area contributed by atoms with Crippen LogP contribution in [0.25, 0.3) is 0 Å². The molecule has 23 heavy (non-hydrogen) atoms. The van der Waals surface area contributed by atoms with Gasteiger partial charge in [0.15, 0.2) is 11.6 Å². The topological polar surface area (TPSA) is 55.4 Å². The van der Waals surface area contributed by atoms with E-state index in [1.165, 1.54) is 25.3 Å². The quantitative estimate of drug-likeness (QED) is 0.670. The Bertz CT molecular complexity index is 720.